The molecule has 0 aliphatic carbocycles. The van der Waals surface area contributed by atoms with Crippen LogP contribution in [-0.2, 0) is 19.1 Å². The van der Waals surface area contributed by atoms with E-state index in [0.29, 0.717) is 12.2 Å². The van der Waals surface area contributed by atoms with Gasteiger partial charge in [-0.15, -0.1) is 11.8 Å². The summed E-state index contributed by atoms with van der Waals surface area (Å²) in [5.41, 5.74) is 0. The standard InChI is InChI=1S/C8H12O4S/c1-11-7(9)5-3-6(13-4-5)8(10)12-2/h5-6H,3-4H2,1-2H3. The summed E-state index contributed by atoms with van der Waals surface area (Å²) in [7, 11) is 2.72. The van der Waals surface area contributed by atoms with Crippen LogP contribution in [0.3, 0.4) is 0 Å². The summed E-state index contributed by atoms with van der Waals surface area (Å²) in [5, 5.41) is -0.200. The summed E-state index contributed by atoms with van der Waals surface area (Å²) in [6.07, 6.45) is 0.532. The Balaban J connectivity index is 2.44. The molecule has 0 amide bonds. The molecule has 74 valence electrons. The maximum absolute atomic E-state index is 11.1. The lowest BCUT2D eigenvalue weighted by Crippen LogP contribution is -2.20. The minimum atomic E-state index is -0.253. The second-order valence-corrected chi connectivity index (χ2v) is 4.04. The fourth-order valence-corrected chi connectivity index (χ4v) is 2.59. The van der Waals surface area contributed by atoms with Crippen molar-refractivity contribution in [1.29, 1.82) is 0 Å². The van der Waals surface area contributed by atoms with Crippen molar-refractivity contribution >= 4 is 23.7 Å². The quantitative estimate of drug-likeness (QED) is 0.611. The van der Waals surface area contributed by atoms with Gasteiger partial charge >= 0.3 is 11.9 Å². The van der Waals surface area contributed by atoms with E-state index in [0.717, 1.165) is 0 Å². The lowest BCUT2D eigenvalue weighted by molar-refractivity contribution is -0.145. The molecule has 0 bridgehead atoms. The van der Waals surface area contributed by atoms with Crippen molar-refractivity contribution in [3.8, 4) is 0 Å². The van der Waals surface area contributed by atoms with Gasteiger partial charge in [0.25, 0.3) is 0 Å². The number of thioether (sulfide) groups is 1. The Bertz CT molecular complexity index is 194. The van der Waals surface area contributed by atoms with E-state index < -0.39 is 0 Å². The van der Waals surface area contributed by atoms with Crippen LogP contribution in [0.25, 0.3) is 0 Å². The lowest BCUT2D eigenvalue weighted by Gasteiger charge is -2.06. The molecule has 2 unspecified atom stereocenters. The van der Waals surface area contributed by atoms with Gasteiger partial charge < -0.3 is 9.47 Å². The highest BCUT2D eigenvalue weighted by molar-refractivity contribution is 8.00. The van der Waals surface area contributed by atoms with Crippen LogP contribution in [0.4, 0.5) is 0 Å². The molecule has 1 aliphatic heterocycles. The molecule has 1 rings (SSSR count). The van der Waals surface area contributed by atoms with Gasteiger partial charge in [-0.2, -0.15) is 0 Å². The van der Waals surface area contributed by atoms with Crippen LogP contribution in [0, 0.1) is 5.92 Å². The third kappa shape index (κ3) is 2.37. The first kappa shape index (κ1) is 10.4. The number of hydrogen-bond acceptors (Lipinski definition) is 5. The van der Waals surface area contributed by atoms with E-state index in [2.05, 4.69) is 9.47 Å². The van der Waals surface area contributed by atoms with Gasteiger partial charge in [0, 0.05) is 5.75 Å². The zero-order valence-electron chi connectivity index (χ0n) is 7.61. The molecule has 0 N–H and O–H groups in total. The van der Waals surface area contributed by atoms with Crippen LogP contribution in [-0.4, -0.2) is 37.2 Å². The van der Waals surface area contributed by atoms with Crippen molar-refractivity contribution in [2.24, 2.45) is 5.92 Å². The van der Waals surface area contributed by atoms with Crippen LogP contribution in [0.2, 0.25) is 0 Å². The van der Waals surface area contributed by atoms with Crippen molar-refractivity contribution in [3.05, 3.63) is 0 Å². The highest BCUT2D eigenvalue weighted by Gasteiger charge is 2.35. The van der Waals surface area contributed by atoms with E-state index in [1.54, 1.807) is 0 Å². The first-order valence-electron chi connectivity index (χ1n) is 3.96. The third-order valence-corrected chi connectivity index (χ3v) is 3.38. The van der Waals surface area contributed by atoms with Gasteiger partial charge in [0.05, 0.1) is 20.1 Å². The van der Waals surface area contributed by atoms with E-state index in [1.165, 1.54) is 26.0 Å². The third-order valence-electron chi connectivity index (χ3n) is 2.00. The first-order valence-corrected chi connectivity index (χ1v) is 5.01. The number of methoxy groups -OCH3 is 2. The van der Waals surface area contributed by atoms with Crippen LogP contribution in [0.5, 0.6) is 0 Å². The van der Waals surface area contributed by atoms with Crippen LogP contribution >= 0.6 is 11.8 Å². The molecule has 0 aromatic carbocycles. The van der Waals surface area contributed by atoms with Crippen molar-refractivity contribution in [2.75, 3.05) is 20.0 Å². The maximum atomic E-state index is 11.1. The van der Waals surface area contributed by atoms with Gasteiger partial charge in [-0.3, -0.25) is 9.59 Å². The highest BCUT2D eigenvalue weighted by Crippen LogP contribution is 2.32. The number of hydrogen-bond donors (Lipinski definition) is 0. The Morgan fingerprint density at radius 2 is 1.85 bits per heavy atom. The summed E-state index contributed by atoms with van der Waals surface area (Å²) < 4.78 is 9.18. The zero-order valence-corrected chi connectivity index (χ0v) is 8.43. The second kappa shape index (κ2) is 4.50. The molecule has 13 heavy (non-hydrogen) atoms. The zero-order chi connectivity index (χ0) is 9.84. The Hall–Kier alpha value is -0.710. The Kier molecular flexibility index (Phi) is 3.59. The van der Waals surface area contributed by atoms with E-state index in [-0.39, 0.29) is 23.1 Å². The minimum absolute atomic E-state index is 0.154. The number of carbonyl (C=O) groups is 2. The Labute approximate surface area is 81.0 Å². The predicted octanol–water partition coefficient (Wildman–Crippen LogP) is 0.454. The van der Waals surface area contributed by atoms with E-state index >= 15 is 0 Å². The Morgan fingerprint density at radius 3 is 2.38 bits per heavy atom. The van der Waals surface area contributed by atoms with Gasteiger partial charge in [-0.25, -0.2) is 0 Å². The number of rotatable bonds is 2. The molecule has 0 spiro atoms. The lowest BCUT2D eigenvalue weighted by atomic mass is 10.1. The van der Waals surface area contributed by atoms with Crippen molar-refractivity contribution in [1.82, 2.24) is 0 Å². The monoisotopic (exact) mass is 204 g/mol. The summed E-state index contributed by atoms with van der Waals surface area (Å²) in [4.78, 5) is 22.2. The fraction of sp³-hybridized carbons (Fsp3) is 0.750. The van der Waals surface area contributed by atoms with Gasteiger partial charge in [-0.1, -0.05) is 0 Å². The van der Waals surface area contributed by atoms with Gasteiger partial charge in [0.1, 0.15) is 5.25 Å². The summed E-state index contributed by atoms with van der Waals surface area (Å²) in [6.45, 7) is 0. The van der Waals surface area contributed by atoms with Crippen molar-refractivity contribution in [2.45, 2.75) is 11.7 Å². The average molecular weight is 204 g/mol. The summed E-state index contributed by atoms with van der Waals surface area (Å²) in [5.74, 6) is 0.00121. The van der Waals surface area contributed by atoms with Crippen molar-refractivity contribution in [3.63, 3.8) is 0 Å². The molecule has 1 fully saturated rings. The molecule has 0 aromatic rings. The number of esters is 2. The fourth-order valence-electron chi connectivity index (χ4n) is 1.25. The molecular formula is C8H12O4S. The predicted molar refractivity (Wildman–Crippen MR) is 48.4 cm³/mol. The maximum Gasteiger partial charge on any atom is 0.318 e. The van der Waals surface area contributed by atoms with Gasteiger partial charge in [0.15, 0.2) is 0 Å². The minimum Gasteiger partial charge on any atom is -0.469 e. The normalized spacial score (nSPS) is 26.9. The van der Waals surface area contributed by atoms with E-state index in [1.807, 2.05) is 0 Å². The molecule has 0 aromatic heterocycles. The van der Waals surface area contributed by atoms with Gasteiger partial charge in [0.2, 0.25) is 0 Å². The number of carbonyl (C=O) groups excluding carboxylic acids is 2. The molecular weight excluding hydrogens is 192 g/mol. The van der Waals surface area contributed by atoms with Crippen molar-refractivity contribution < 1.29 is 19.1 Å². The smallest absolute Gasteiger partial charge is 0.318 e. The number of ether oxygens (including phenoxy) is 2. The highest BCUT2D eigenvalue weighted by atomic mass is 32.2. The van der Waals surface area contributed by atoms with Crippen LogP contribution in [0.1, 0.15) is 6.42 Å². The van der Waals surface area contributed by atoms with Crippen LogP contribution < -0.4 is 0 Å². The molecule has 1 heterocycles. The Morgan fingerprint density at radius 1 is 1.23 bits per heavy atom. The largest absolute Gasteiger partial charge is 0.469 e. The first-order chi connectivity index (χ1) is 6.19. The van der Waals surface area contributed by atoms with E-state index in [9.17, 15) is 9.59 Å². The summed E-state index contributed by atoms with van der Waals surface area (Å²) in [6, 6.07) is 0. The average Bonchev–Trinajstić information content (AvgIpc) is 2.64. The SMILES string of the molecule is COC(=O)C1CSC(C(=O)OC)C1. The molecule has 2 atom stereocenters. The molecule has 1 aliphatic rings. The molecule has 5 heteroatoms. The molecule has 4 nitrogen and oxygen atoms in total. The molecule has 0 radical (unpaired) electrons. The molecule has 1 saturated heterocycles. The van der Waals surface area contributed by atoms with Gasteiger partial charge in [-0.05, 0) is 6.42 Å². The summed E-state index contributed by atoms with van der Waals surface area (Å²) >= 11 is 1.45. The van der Waals surface area contributed by atoms with E-state index in [4.69, 9.17) is 0 Å². The molecule has 0 saturated carbocycles. The van der Waals surface area contributed by atoms with Crippen LogP contribution in [0.15, 0.2) is 0 Å². The topological polar surface area (TPSA) is 52.6 Å². The second-order valence-electron chi connectivity index (χ2n) is 2.80.